The third kappa shape index (κ3) is 7.63. The maximum absolute atomic E-state index is 12.8. The van der Waals surface area contributed by atoms with Crippen LogP contribution in [0.1, 0.15) is 67.1 Å². The molecule has 0 saturated carbocycles. The van der Waals surface area contributed by atoms with E-state index in [2.05, 4.69) is 4.72 Å². The highest BCUT2D eigenvalue weighted by atomic mass is 32.2. The number of aryl methyl sites for hydroxylation is 1. The Morgan fingerprint density at radius 2 is 1.78 bits per heavy atom. The van der Waals surface area contributed by atoms with Crippen LogP contribution in [0, 0.1) is 6.92 Å². The average molecular weight is 519 g/mol. The van der Waals surface area contributed by atoms with Crippen molar-refractivity contribution in [2.75, 3.05) is 18.1 Å². The standard InChI is InChI=1S/C27H31NO4S.CO2/c1-18-15-22(28-33(6,30)31)14-13-19(18)11-12-20-16-21(23-9-7-8-10-25(23)29)17-24(26(20)32-5)27(2,3)4;2-1-3/h7-9,11-17,28H,10H2,1-6H3;/b12-11+;/i2D3,3D3,4D3;. The SMILES string of the molecule is O=C=O.[2H]C([2H])([2H])C(c1cc(C2=CC=CCC2=O)cc(/C=C/c2ccc(NS(C)(=O)=O)cc2C)c1OC)(C([2H])([2H])[2H])C([2H])([2H])[2H]. The van der Waals surface area contributed by atoms with Gasteiger partial charge in [-0.2, -0.15) is 9.59 Å². The summed E-state index contributed by atoms with van der Waals surface area (Å²) in [5.74, 6) is -0.610. The molecule has 2 aromatic rings. The van der Waals surface area contributed by atoms with E-state index >= 15 is 0 Å². The number of rotatable bonds is 6. The van der Waals surface area contributed by atoms with Crippen molar-refractivity contribution in [3.05, 3.63) is 76.4 Å². The Balaban J connectivity index is 0.00000226. The molecule has 0 radical (unpaired) electrons. The predicted molar refractivity (Wildman–Crippen MR) is 142 cm³/mol. The van der Waals surface area contributed by atoms with Crippen molar-refractivity contribution in [2.45, 2.75) is 39.3 Å². The van der Waals surface area contributed by atoms with E-state index < -0.39 is 41.6 Å². The lowest BCUT2D eigenvalue weighted by Crippen LogP contribution is -2.15. The Bertz CT molecular complexity index is 1640. The van der Waals surface area contributed by atoms with Crippen LogP contribution in [-0.2, 0) is 29.8 Å². The zero-order valence-corrected chi connectivity index (χ0v) is 20.7. The maximum Gasteiger partial charge on any atom is 0.373 e. The number of hydrogen-bond acceptors (Lipinski definition) is 6. The minimum absolute atomic E-state index is 0.0500. The lowest BCUT2D eigenvalue weighted by molar-refractivity contribution is -0.191. The predicted octanol–water partition coefficient (Wildman–Crippen LogP) is 5.17. The number of anilines is 1. The summed E-state index contributed by atoms with van der Waals surface area (Å²) < 4.78 is 105. The topological polar surface area (TPSA) is 107 Å². The van der Waals surface area contributed by atoms with E-state index in [1.165, 1.54) is 31.4 Å². The van der Waals surface area contributed by atoms with Crippen molar-refractivity contribution in [3.63, 3.8) is 0 Å². The fourth-order valence-corrected chi connectivity index (χ4v) is 4.11. The van der Waals surface area contributed by atoms with Crippen molar-refractivity contribution in [3.8, 4) is 5.75 Å². The van der Waals surface area contributed by atoms with Crippen LogP contribution < -0.4 is 9.46 Å². The molecule has 2 aromatic carbocycles. The summed E-state index contributed by atoms with van der Waals surface area (Å²) in [6.45, 7) is -8.94. The van der Waals surface area contributed by atoms with Crippen LogP contribution in [0.2, 0.25) is 0 Å². The first-order chi connectivity index (χ1) is 20.6. The minimum Gasteiger partial charge on any atom is -0.496 e. The second-order valence-electron chi connectivity index (χ2n) is 7.89. The van der Waals surface area contributed by atoms with Crippen LogP contribution in [0.5, 0.6) is 5.75 Å². The summed E-state index contributed by atoms with van der Waals surface area (Å²) in [4.78, 5) is 29.1. The van der Waals surface area contributed by atoms with Gasteiger partial charge in [-0.15, -0.1) is 0 Å². The number of ether oxygens (including phenoxy) is 1. The van der Waals surface area contributed by atoms with Gasteiger partial charge in [0.05, 0.1) is 13.4 Å². The number of nitrogens with one attached hydrogen (secondary N) is 1. The fraction of sp³-hybridized carbons (Fsp3) is 0.286. The number of hydrogen-bond donors (Lipinski definition) is 1. The molecule has 1 N–H and O–H groups in total. The summed E-state index contributed by atoms with van der Waals surface area (Å²) in [7, 11) is -2.34. The summed E-state index contributed by atoms with van der Waals surface area (Å²) in [6.07, 6.45) is 9.15. The van der Waals surface area contributed by atoms with Gasteiger partial charge in [-0.25, -0.2) is 8.42 Å². The second-order valence-corrected chi connectivity index (χ2v) is 9.64. The van der Waals surface area contributed by atoms with Crippen molar-refractivity contribution >= 4 is 45.4 Å². The third-order valence-corrected chi connectivity index (χ3v) is 5.66. The Labute approximate surface area is 225 Å². The summed E-state index contributed by atoms with van der Waals surface area (Å²) in [5, 5.41) is 0. The number of ketones is 1. The van der Waals surface area contributed by atoms with Gasteiger partial charge in [0, 0.05) is 41.1 Å². The highest BCUT2D eigenvalue weighted by molar-refractivity contribution is 7.92. The van der Waals surface area contributed by atoms with Gasteiger partial charge in [-0.3, -0.25) is 9.52 Å². The van der Waals surface area contributed by atoms with Crippen LogP contribution in [0.25, 0.3) is 17.7 Å². The highest BCUT2D eigenvalue weighted by Crippen LogP contribution is 2.38. The molecule has 0 heterocycles. The molecule has 0 saturated heterocycles. The molecule has 0 atom stereocenters. The first kappa shape index (κ1) is 17.7. The molecule has 8 heteroatoms. The number of methoxy groups -OCH3 is 1. The van der Waals surface area contributed by atoms with E-state index in [1.807, 2.05) is 0 Å². The zero-order chi connectivity index (χ0) is 34.6. The normalized spacial score (nSPS) is 18.2. The number of benzene rings is 2. The quantitative estimate of drug-likeness (QED) is 0.529. The third-order valence-electron chi connectivity index (χ3n) is 5.05. The lowest BCUT2D eigenvalue weighted by Gasteiger charge is -2.25. The molecule has 1 aliphatic carbocycles. The lowest BCUT2D eigenvalue weighted by atomic mass is 9.82. The van der Waals surface area contributed by atoms with Gasteiger partial charge in [-0.05, 0) is 53.3 Å². The van der Waals surface area contributed by atoms with Gasteiger partial charge in [0.15, 0.2) is 5.78 Å². The Morgan fingerprint density at radius 1 is 1.11 bits per heavy atom. The van der Waals surface area contributed by atoms with Crippen LogP contribution in [-0.4, -0.2) is 33.7 Å². The van der Waals surface area contributed by atoms with Gasteiger partial charge in [0.1, 0.15) is 5.75 Å². The number of carbonyl (C=O) groups excluding carboxylic acids is 3. The smallest absolute Gasteiger partial charge is 0.373 e. The van der Waals surface area contributed by atoms with Crippen molar-refractivity contribution in [1.29, 1.82) is 0 Å². The van der Waals surface area contributed by atoms with Crippen LogP contribution in [0.15, 0.2) is 48.6 Å². The molecule has 0 amide bonds. The molecule has 0 unspecified atom stereocenters. The van der Waals surface area contributed by atoms with Gasteiger partial charge in [0.2, 0.25) is 10.0 Å². The number of allylic oxidation sites excluding steroid dienone is 4. The van der Waals surface area contributed by atoms with E-state index in [0.717, 1.165) is 12.3 Å². The first-order valence-electron chi connectivity index (χ1n) is 14.9. The molecule has 190 valence electrons. The molecular weight excluding hydrogens is 478 g/mol. The zero-order valence-electron chi connectivity index (χ0n) is 28.8. The molecule has 0 spiro atoms. The molecule has 36 heavy (non-hydrogen) atoms. The van der Waals surface area contributed by atoms with Gasteiger partial charge >= 0.3 is 6.15 Å². The van der Waals surface area contributed by atoms with Crippen LogP contribution >= 0.6 is 0 Å². The molecule has 0 aromatic heterocycles. The monoisotopic (exact) mass is 518 g/mol. The summed E-state index contributed by atoms with van der Waals surface area (Å²) in [5.41, 5.74) is -1.95. The van der Waals surface area contributed by atoms with E-state index in [0.29, 0.717) is 16.8 Å². The Morgan fingerprint density at radius 3 is 2.33 bits per heavy atom. The average Bonchev–Trinajstić information content (AvgIpc) is 2.85. The minimum atomic E-state index is -3.56. The molecule has 0 aliphatic heterocycles. The second kappa shape index (κ2) is 11.8. The maximum atomic E-state index is 12.8. The highest BCUT2D eigenvalue weighted by Gasteiger charge is 2.24. The largest absolute Gasteiger partial charge is 0.496 e. The Kier molecular flexibility index (Phi) is 5.78. The van der Waals surface area contributed by atoms with Gasteiger partial charge in [0.25, 0.3) is 0 Å². The van der Waals surface area contributed by atoms with E-state index in [1.54, 1.807) is 37.3 Å². The van der Waals surface area contributed by atoms with Crippen LogP contribution in [0.3, 0.4) is 0 Å². The molecule has 0 bridgehead atoms. The van der Waals surface area contributed by atoms with Gasteiger partial charge in [-0.1, -0.05) is 57.0 Å². The van der Waals surface area contributed by atoms with E-state index in [-0.39, 0.29) is 40.8 Å². The van der Waals surface area contributed by atoms with Crippen molar-refractivity contribution in [1.82, 2.24) is 0 Å². The van der Waals surface area contributed by atoms with E-state index in [4.69, 9.17) is 26.7 Å². The number of Topliss-reactive ketones (excluding diaryl/α,β-unsaturated/α-hetero) is 1. The Hall–Kier alpha value is -3.74. The van der Waals surface area contributed by atoms with Crippen molar-refractivity contribution < 1.29 is 39.9 Å². The molecule has 7 nitrogen and oxygen atoms in total. The van der Waals surface area contributed by atoms with Crippen molar-refractivity contribution in [2.24, 2.45) is 0 Å². The summed E-state index contributed by atoms with van der Waals surface area (Å²) >= 11 is 0. The summed E-state index contributed by atoms with van der Waals surface area (Å²) in [6, 6.07) is 7.38. The van der Waals surface area contributed by atoms with E-state index in [9.17, 15) is 13.2 Å². The molecule has 0 fully saturated rings. The molecule has 1 aliphatic rings. The molecular formula is C28H31NO6S. The fourth-order valence-electron chi connectivity index (χ4n) is 3.56. The first-order valence-corrected chi connectivity index (χ1v) is 12.3. The van der Waals surface area contributed by atoms with Crippen LogP contribution in [0.4, 0.5) is 5.69 Å². The number of carbonyl (C=O) groups is 1. The number of sulfonamides is 1. The van der Waals surface area contributed by atoms with Gasteiger partial charge < -0.3 is 4.74 Å². The molecule has 3 rings (SSSR count).